The van der Waals surface area contributed by atoms with Crippen LogP contribution in [0, 0.1) is 48.5 Å². The summed E-state index contributed by atoms with van der Waals surface area (Å²) in [6.07, 6.45) is 19.3. The first kappa shape index (κ1) is 78.3. The Morgan fingerprint density at radius 1 is 0.197 bits per heavy atom. The molecule has 0 saturated carbocycles. The minimum absolute atomic E-state index is 0.624. The molecule has 20 rings (SSSR count). The van der Waals surface area contributed by atoms with Crippen LogP contribution in [-0.2, 0) is 0 Å². The van der Waals surface area contributed by atoms with Crippen molar-refractivity contribution in [3.8, 4) is 90.5 Å². The van der Waals surface area contributed by atoms with E-state index < -0.39 is 0 Å². The Hall–Kier alpha value is -15.4. The number of fused-ring (bicyclic) bond motifs is 7. The molecule has 0 N–H and O–H groups in total. The number of benzene rings is 8. The van der Waals surface area contributed by atoms with Gasteiger partial charge in [0.25, 0.3) is 0 Å². The van der Waals surface area contributed by atoms with Crippen LogP contribution in [0.15, 0.2) is 371 Å². The van der Waals surface area contributed by atoms with Crippen LogP contribution in [-0.4, -0.2) is 79.7 Å². The van der Waals surface area contributed by atoms with Crippen molar-refractivity contribution >= 4 is 54.4 Å². The summed E-state index contributed by atoms with van der Waals surface area (Å²) in [7, 11) is 0. The fraction of sp³-hybridized carbons (Fsp3) is 0.0693. The highest BCUT2D eigenvalue weighted by atomic mass is 15.0. The van der Waals surface area contributed by atoms with E-state index in [2.05, 4.69) is 302 Å². The van der Waals surface area contributed by atoms with Crippen molar-refractivity contribution in [3.05, 3.63) is 411 Å². The maximum atomic E-state index is 4.92. The van der Waals surface area contributed by atoms with E-state index in [0.717, 1.165) is 94.7 Å². The smallest absolute Gasteiger partial charge is 0.165 e. The van der Waals surface area contributed by atoms with Crippen LogP contribution in [0.25, 0.3) is 145 Å². The number of hydrogen-bond donors (Lipinski definition) is 0. The summed E-state index contributed by atoms with van der Waals surface area (Å²) < 4.78 is 0. The highest BCUT2D eigenvalue weighted by molar-refractivity contribution is 6.05. The topological polar surface area (TPSA) is 206 Å². The van der Waals surface area contributed by atoms with E-state index >= 15 is 0 Å². The van der Waals surface area contributed by atoms with Gasteiger partial charge < -0.3 is 0 Å². The Morgan fingerprint density at radius 3 is 1.11 bits per heavy atom. The number of aromatic nitrogens is 16. The van der Waals surface area contributed by atoms with Gasteiger partial charge in [-0.05, 0) is 168 Å². The SMILES string of the molecule is Cc1ccc(-c2cc(-c3ccccc3)nc(-c3ccccc3)c2)cc1.Cc1ccc(-c2ccccn2)cc1.Cc1ccc2ccc3ccccc3c2n1.Cc1ccc2ccc3cccnc3c2n1.Cc1cccc2cccnc12.Cc1nc(-c2cccnc2)nc(-c2cccnc2)n1.Cc1nc(-c2ccncc2)nc(-c2ccncc2)n1. The number of pyridine rings is 10. The van der Waals surface area contributed by atoms with Crippen LogP contribution >= 0.6 is 0 Å². The Bertz CT molecular complexity index is 6200. The van der Waals surface area contributed by atoms with E-state index in [-0.39, 0.29) is 0 Å². The van der Waals surface area contributed by atoms with Crippen LogP contribution in [0.1, 0.15) is 39.7 Å². The van der Waals surface area contributed by atoms with Crippen molar-refractivity contribution in [1.82, 2.24) is 79.7 Å². The second kappa shape index (κ2) is 38.7. The van der Waals surface area contributed by atoms with Crippen molar-refractivity contribution < 1.29 is 0 Å². The first-order valence-electron chi connectivity index (χ1n) is 38.3. The molecule has 117 heavy (non-hydrogen) atoms. The Balaban J connectivity index is 0.000000114. The first-order chi connectivity index (χ1) is 57.4. The third-order valence-electron chi connectivity index (χ3n) is 18.7. The maximum Gasteiger partial charge on any atom is 0.165 e. The first-order valence-corrected chi connectivity index (χ1v) is 38.3. The molecule has 0 spiro atoms. The van der Waals surface area contributed by atoms with E-state index in [1.54, 1.807) is 49.6 Å². The molecule has 0 aliphatic heterocycles. The van der Waals surface area contributed by atoms with Crippen molar-refractivity contribution in [2.45, 2.75) is 48.5 Å². The lowest BCUT2D eigenvalue weighted by atomic mass is 9.99. The molecule has 0 unspecified atom stereocenters. The molecule has 0 saturated heterocycles. The highest BCUT2D eigenvalue weighted by Crippen LogP contribution is 2.32. The lowest BCUT2D eigenvalue weighted by molar-refractivity contribution is 0.988. The quantitative estimate of drug-likeness (QED) is 0.130. The van der Waals surface area contributed by atoms with Crippen LogP contribution in [0.2, 0.25) is 0 Å². The van der Waals surface area contributed by atoms with Crippen LogP contribution in [0.5, 0.6) is 0 Å². The minimum atomic E-state index is 0.624. The van der Waals surface area contributed by atoms with Gasteiger partial charge in [-0.15, -0.1) is 0 Å². The van der Waals surface area contributed by atoms with E-state index in [1.165, 1.54) is 54.9 Å². The summed E-state index contributed by atoms with van der Waals surface area (Å²) in [5.74, 6) is 3.92. The lowest BCUT2D eigenvalue weighted by Gasteiger charge is -2.10. The second-order valence-corrected chi connectivity index (χ2v) is 27.4. The number of nitrogens with zero attached hydrogens (tertiary/aromatic N) is 16. The monoisotopic (exact) mass is 1520 g/mol. The average molecular weight is 1520 g/mol. The van der Waals surface area contributed by atoms with E-state index in [1.807, 2.05) is 143 Å². The predicted octanol–water partition coefficient (Wildman–Crippen LogP) is 23.4. The van der Waals surface area contributed by atoms with Crippen LogP contribution in [0.3, 0.4) is 0 Å². The number of aryl methyl sites for hydroxylation is 7. The fourth-order valence-electron chi connectivity index (χ4n) is 12.7. The van der Waals surface area contributed by atoms with Gasteiger partial charge >= 0.3 is 0 Å². The molecule has 0 atom stereocenters. The zero-order valence-electron chi connectivity index (χ0n) is 65.9. The second-order valence-electron chi connectivity index (χ2n) is 27.4. The zero-order valence-corrected chi connectivity index (χ0v) is 65.9. The van der Waals surface area contributed by atoms with Crippen molar-refractivity contribution in [1.29, 1.82) is 0 Å². The number of rotatable bonds is 8. The Kier molecular flexibility index (Phi) is 25.9. The van der Waals surface area contributed by atoms with Crippen molar-refractivity contribution in [2.75, 3.05) is 0 Å². The van der Waals surface area contributed by atoms with Gasteiger partial charge in [0.15, 0.2) is 23.3 Å². The molecule has 566 valence electrons. The lowest BCUT2D eigenvalue weighted by Crippen LogP contribution is -1.99. The van der Waals surface area contributed by atoms with Gasteiger partial charge in [-0.1, -0.05) is 217 Å². The van der Waals surface area contributed by atoms with Crippen molar-refractivity contribution in [3.63, 3.8) is 0 Å². The molecular weight excluding hydrogens is 1440 g/mol. The summed E-state index contributed by atoms with van der Waals surface area (Å²) in [6, 6.07) is 103. The van der Waals surface area contributed by atoms with E-state index in [4.69, 9.17) is 4.98 Å². The number of para-hydroxylation sites is 1. The summed E-state index contributed by atoms with van der Waals surface area (Å²) in [5, 5.41) is 7.20. The zero-order chi connectivity index (χ0) is 80.5. The van der Waals surface area contributed by atoms with Gasteiger partial charge in [0, 0.05) is 145 Å². The standard InChI is InChI=1S/C24H19N.2C14H11N5.C14H11N.C13H10N2.C12H11N.C10H9N/c1-18-12-14-19(15-13-18)22-16-23(20-8-4-2-5-9-20)25-24(17-22)21-10-6-3-7-11-21;1-10-17-13(11-2-6-15-7-3-11)19-14(18-10)12-4-8-16-9-5-12;1-10-17-13(11-4-2-6-15-8-11)19-14(18-10)12-5-3-7-16-9-12;1-10-6-7-12-9-8-11-4-2-3-5-13(11)14(12)15-10;1-9-4-5-11-7-6-10-3-2-8-14-12(10)13(11)15-9;1-10-5-7-11(8-6-10)12-4-2-3-9-13-12;1-8-4-2-5-9-6-3-7-11-10(8)9/h2-17H,1H3;2*2-9H,1H3;2-9H,1H3;2-8H,1H3;2-9H,1H3;2-7H,1H3. The molecule has 0 aliphatic carbocycles. The molecular formula is C101H82N16. The molecule has 0 bridgehead atoms. The molecule has 0 fully saturated rings. The van der Waals surface area contributed by atoms with Gasteiger partial charge in [0.2, 0.25) is 0 Å². The molecule has 16 nitrogen and oxygen atoms in total. The average Bonchev–Trinajstić information content (AvgIpc) is 0.822. The van der Waals surface area contributed by atoms with Crippen LogP contribution in [0.4, 0.5) is 0 Å². The Labute approximate surface area is 680 Å². The van der Waals surface area contributed by atoms with E-state index in [0.29, 0.717) is 34.9 Å². The summed E-state index contributed by atoms with van der Waals surface area (Å²) in [5.41, 5.74) is 22.5. The van der Waals surface area contributed by atoms with Crippen LogP contribution < -0.4 is 0 Å². The van der Waals surface area contributed by atoms with Gasteiger partial charge in [-0.2, -0.15) is 0 Å². The minimum Gasteiger partial charge on any atom is -0.265 e. The fourth-order valence-corrected chi connectivity index (χ4v) is 12.7. The number of hydrogen-bond acceptors (Lipinski definition) is 16. The molecule has 20 aromatic rings. The molecule has 0 aliphatic rings. The molecule has 12 aromatic heterocycles. The van der Waals surface area contributed by atoms with Gasteiger partial charge in [-0.3, -0.25) is 44.9 Å². The third kappa shape index (κ3) is 21.0. The molecule has 8 aromatic carbocycles. The molecule has 12 heterocycles. The molecule has 0 amide bonds. The molecule has 0 radical (unpaired) electrons. The summed E-state index contributed by atoms with van der Waals surface area (Å²) in [6.45, 7) is 14.0. The predicted molar refractivity (Wildman–Crippen MR) is 474 cm³/mol. The maximum absolute atomic E-state index is 4.92. The van der Waals surface area contributed by atoms with Gasteiger partial charge in [-0.25, -0.2) is 34.9 Å². The van der Waals surface area contributed by atoms with Crippen molar-refractivity contribution in [2.24, 2.45) is 0 Å². The van der Waals surface area contributed by atoms with E-state index in [9.17, 15) is 0 Å². The largest absolute Gasteiger partial charge is 0.265 e. The van der Waals surface area contributed by atoms with Gasteiger partial charge in [0.1, 0.15) is 11.6 Å². The normalized spacial score (nSPS) is 10.5. The Morgan fingerprint density at radius 2 is 0.598 bits per heavy atom. The molecule has 16 heteroatoms. The highest BCUT2D eigenvalue weighted by Gasteiger charge is 2.13. The van der Waals surface area contributed by atoms with Gasteiger partial charge in [0.05, 0.1) is 39.1 Å². The third-order valence-corrected chi connectivity index (χ3v) is 18.7. The summed E-state index contributed by atoms with van der Waals surface area (Å²) in [4.78, 5) is 69.5. The summed E-state index contributed by atoms with van der Waals surface area (Å²) >= 11 is 0.